The number of fused-ring (bicyclic) bond motifs is 1. The average Bonchev–Trinajstić information content (AvgIpc) is 3.12. The SMILES string of the molecule is COC(=O)[C@@H]1[C@H](c2cccs2)c2cc(OC)c(OC)cc2CCN1C. The zero-order chi connectivity index (χ0) is 18.0. The molecule has 0 unspecified atom stereocenters. The van der Waals surface area contributed by atoms with E-state index >= 15 is 0 Å². The first-order chi connectivity index (χ1) is 12.1. The first-order valence-electron chi connectivity index (χ1n) is 8.17. The first kappa shape index (κ1) is 17.8. The Morgan fingerprint density at radius 2 is 1.92 bits per heavy atom. The second-order valence-electron chi connectivity index (χ2n) is 6.10. The number of hydrogen-bond acceptors (Lipinski definition) is 6. The third kappa shape index (κ3) is 3.24. The molecule has 0 fully saturated rings. The molecule has 0 amide bonds. The van der Waals surface area contributed by atoms with Crippen LogP contribution >= 0.6 is 11.3 Å². The summed E-state index contributed by atoms with van der Waals surface area (Å²) in [4.78, 5) is 15.8. The monoisotopic (exact) mass is 361 g/mol. The highest BCUT2D eigenvalue weighted by Gasteiger charge is 2.39. The summed E-state index contributed by atoms with van der Waals surface area (Å²) in [5.41, 5.74) is 2.27. The van der Waals surface area contributed by atoms with E-state index in [1.54, 1.807) is 25.6 Å². The van der Waals surface area contributed by atoms with Gasteiger partial charge in [0.25, 0.3) is 0 Å². The zero-order valence-electron chi connectivity index (χ0n) is 14.9. The van der Waals surface area contributed by atoms with E-state index in [1.807, 2.05) is 30.6 Å². The maximum atomic E-state index is 12.6. The zero-order valence-corrected chi connectivity index (χ0v) is 15.8. The van der Waals surface area contributed by atoms with Crippen LogP contribution in [-0.4, -0.2) is 51.8 Å². The molecule has 25 heavy (non-hydrogen) atoms. The lowest BCUT2D eigenvalue weighted by atomic mass is 9.86. The van der Waals surface area contributed by atoms with Crippen LogP contribution in [0.25, 0.3) is 0 Å². The number of ether oxygens (including phenoxy) is 3. The number of carbonyl (C=O) groups is 1. The molecule has 0 N–H and O–H groups in total. The highest BCUT2D eigenvalue weighted by Crippen LogP contribution is 2.42. The van der Waals surface area contributed by atoms with Gasteiger partial charge in [0, 0.05) is 17.3 Å². The van der Waals surface area contributed by atoms with Crippen molar-refractivity contribution in [2.75, 3.05) is 34.9 Å². The highest BCUT2D eigenvalue weighted by atomic mass is 32.1. The van der Waals surface area contributed by atoms with Crippen LogP contribution in [0.5, 0.6) is 11.5 Å². The molecule has 0 bridgehead atoms. The number of nitrogens with zero attached hydrogens (tertiary/aromatic N) is 1. The third-order valence-electron chi connectivity index (χ3n) is 4.80. The van der Waals surface area contributed by atoms with E-state index in [-0.39, 0.29) is 17.9 Å². The fourth-order valence-corrected chi connectivity index (χ4v) is 4.39. The van der Waals surface area contributed by atoms with Crippen molar-refractivity contribution < 1.29 is 19.0 Å². The van der Waals surface area contributed by atoms with Gasteiger partial charge in [0.05, 0.1) is 21.3 Å². The topological polar surface area (TPSA) is 48.0 Å². The molecule has 134 valence electrons. The van der Waals surface area contributed by atoms with E-state index in [9.17, 15) is 4.79 Å². The van der Waals surface area contributed by atoms with Gasteiger partial charge in [0.2, 0.25) is 0 Å². The van der Waals surface area contributed by atoms with Crippen LogP contribution in [0, 0.1) is 0 Å². The molecule has 2 atom stereocenters. The number of thiophene rings is 1. The van der Waals surface area contributed by atoms with E-state index in [0.29, 0.717) is 11.5 Å². The molecular formula is C19H23NO4S. The Balaban J connectivity index is 2.21. The largest absolute Gasteiger partial charge is 0.493 e. The lowest BCUT2D eigenvalue weighted by Crippen LogP contribution is -2.43. The summed E-state index contributed by atoms with van der Waals surface area (Å²) in [7, 11) is 6.69. The molecule has 0 spiro atoms. The first-order valence-corrected chi connectivity index (χ1v) is 9.05. The van der Waals surface area contributed by atoms with E-state index in [2.05, 4.69) is 11.0 Å². The van der Waals surface area contributed by atoms with Gasteiger partial charge in [0.1, 0.15) is 6.04 Å². The molecule has 1 aromatic heterocycles. The van der Waals surface area contributed by atoms with Gasteiger partial charge in [-0.3, -0.25) is 9.69 Å². The van der Waals surface area contributed by atoms with Crippen molar-refractivity contribution in [2.45, 2.75) is 18.4 Å². The van der Waals surface area contributed by atoms with E-state index in [1.165, 1.54) is 12.7 Å². The summed E-state index contributed by atoms with van der Waals surface area (Å²) in [6.45, 7) is 0.768. The predicted molar refractivity (Wildman–Crippen MR) is 97.8 cm³/mol. The minimum atomic E-state index is -0.372. The lowest BCUT2D eigenvalue weighted by Gasteiger charge is -2.30. The summed E-state index contributed by atoms with van der Waals surface area (Å²) in [6, 6.07) is 7.75. The Hall–Kier alpha value is -2.05. The molecule has 1 aromatic carbocycles. The quantitative estimate of drug-likeness (QED) is 0.784. The van der Waals surface area contributed by atoms with Gasteiger partial charge in [-0.1, -0.05) is 6.07 Å². The number of hydrogen-bond donors (Lipinski definition) is 0. The van der Waals surface area contributed by atoms with Crippen LogP contribution in [0.1, 0.15) is 21.9 Å². The van der Waals surface area contributed by atoms with Crippen molar-refractivity contribution in [3.8, 4) is 11.5 Å². The molecule has 6 heteroatoms. The summed E-state index contributed by atoms with van der Waals surface area (Å²) in [5.74, 6) is 1.07. The van der Waals surface area contributed by atoms with Crippen LogP contribution in [0.15, 0.2) is 29.6 Å². The lowest BCUT2D eigenvalue weighted by molar-refractivity contribution is -0.146. The fourth-order valence-electron chi connectivity index (χ4n) is 3.52. The Morgan fingerprint density at radius 3 is 2.52 bits per heavy atom. The standard InChI is InChI=1S/C19H23NO4S/c1-20-8-7-12-10-14(22-2)15(23-3)11-13(12)17(16-6-5-9-25-16)18(20)19(21)24-4/h5-6,9-11,17-18H,7-8H2,1-4H3/t17-,18-/m0/s1. The van der Waals surface area contributed by atoms with Crippen LogP contribution < -0.4 is 9.47 Å². The molecule has 0 aliphatic carbocycles. The predicted octanol–water partition coefficient (Wildman–Crippen LogP) is 2.93. The molecule has 1 aliphatic rings. The van der Waals surface area contributed by atoms with E-state index < -0.39 is 0 Å². The Bertz CT molecular complexity index is 744. The smallest absolute Gasteiger partial charge is 0.324 e. The molecule has 5 nitrogen and oxygen atoms in total. The third-order valence-corrected chi connectivity index (χ3v) is 5.75. The van der Waals surface area contributed by atoms with Gasteiger partial charge >= 0.3 is 5.97 Å². The maximum Gasteiger partial charge on any atom is 0.324 e. The van der Waals surface area contributed by atoms with Crippen molar-refractivity contribution in [2.24, 2.45) is 0 Å². The minimum absolute atomic E-state index is 0.102. The van der Waals surface area contributed by atoms with Crippen molar-refractivity contribution in [1.82, 2.24) is 4.90 Å². The van der Waals surface area contributed by atoms with E-state index in [4.69, 9.17) is 14.2 Å². The summed E-state index contributed by atoms with van der Waals surface area (Å²) in [5, 5.41) is 2.04. The number of esters is 1. The van der Waals surface area contributed by atoms with Crippen molar-refractivity contribution in [1.29, 1.82) is 0 Å². The van der Waals surface area contributed by atoms with Gasteiger partial charge in [-0.05, 0) is 48.2 Å². The van der Waals surface area contributed by atoms with Crippen molar-refractivity contribution in [3.63, 3.8) is 0 Å². The second kappa shape index (κ2) is 7.45. The second-order valence-corrected chi connectivity index (χ2v) is 7.08. The van der Waals surface area contributed by atoms with Crippen LogP contribution in [0.4, 0.5) is 0 Å². The fraction of sp³-hybridized carbons (Fsp3) is 0.421. The highest BCUT2D eigenvalue weighted by molar-refractivity contribution is 7.10. The number of likely N-dealkylation sites (N-methyl/N-ethyl adjacent to an activating group) is 1. The molecule has 0 radical (unpaired) electrons. The number of rotatable bonds is 4. The molecule has 2 aromatic rings. The molecule has 2 heterocycles. The van der Waals surface area contributed by atoms with Crippen LogP contribution in [0.2, 0.25) is 0 Å². The number of benzene rings is 1. The maximum absolute atomic E-state index is 12.6. The van der Waals surface area contributed by atoms with Gasteiger partial charge in [0.15, 0.2) is 11.5 Å². The summed E-state index contributed by atoms with van der Waals surface area (Å²) >= 11 is 1.65. The van der Waals surface area contributed by atoms with Crippen LogP contribution in [-0.2, 0) is 16.0 Å². The van der Waals surface area contributed by atoms with Gasteiger partial charge in [-0.25, -0.2) is 0 Å². The summed E-state index contributed by atoms with van der Waals surface area (Å²) in [6.07, 6.45) is 0.835. The van der Waals surface area contributed by atoms with Crippen LogP contribution in [0.3, 0.4) is 0 Å². The molecule has 1 aliphatic heterocycles. The Morgan fingerprint density at radius 1 is 1.20 bits per heavy atom. The van der Waals surface area contributed by atoms with Gasteiger partial charge in [-0.2, -0.15) is 0 Å². The molecule has 0 saturated carbocycles. The normalized spacial score (nSPS) is 20.5. The number of methoxy groups -OCH3 is 3. The van der Waals surface area contributed by atoms with Gasteiger partial charge < -0.3 is 14.2 Å². The summed E-state index contributed by atoms with van der Waals surface area (Å²) < 4.78 is 16.1. The molecular weight excluding hydrogens is 338 g/mol. The Labute approximate surface area is 152 Å². The minimum Gasteiger partial charge on any atom is -0.493 e. The molecule has 3 rings (SSSR count). The van der Waals surface area contributed by atoms with Crippen molar-refractivity contribution >= 4 is 17.3 Å². The molecule has 0 saturated heterocycles. The average molecular weight is 361 g/mol. The Kier molecular flexibility index (Phi) is 5.30. The van der Waals surface area contributed by atoms with E-state index in [0.717, 1.165) is 23.4 Å². The van der Waals surface area contributed by atoms with Gasteiger partial charge in [-0.15, -0.1) is 11.3 Å². The van der Waals surface area contributed by atoms with Crippen molar-refractivity contribution in [3.05, 3.63) is 45.6 Å². The number of carbonyl (C=O) groups excluding carboxylic acids is 1.